The maximum absolute atomic E-state index is 2.46. The molecule has 5 aromatic carbocycles. The molecule has 1 aliphatic carbocycles. The Morgan fingerprint density at radius 3 is 1.97 bits per heavy atom. The molecule has 0 heteroatoms. The lowest BCUT2D eigenvalue weighted by Crippen LogP contribution is -2.42. The van der Waals surface area contributed by atoms with Crippen molar-refractivity contribution in [3.05, 3.63) is 108 Å². The van der Waals surface area contributed by atoms with Crippen molar-refractivity contribution >= 4 is 32.3 Å². The fourth-order valence-electron chi connectivity index (χ4n) is 6.08. The van der Waals surface area contributed by atoms with Gasteiger partial charge in [0.05, 0.1) is 0 Å². The number of hydrogen-bond donors (Lipinski definition) is 0. The summed E-state index contributed by atoms with van der Waals surface area (Å²) in [4.78, 5) is 0. The molecule has 32 heavy (non-hydrogen) atoms. The second-order valence-electron chi connectivity index (χ2n) is 10.7. The summed E-state index contributed by atoms with van der Waals surface area (Å²) in [6, 6.07) is 34.0. The van der Waals surface area contributed by atoms with Gasteiger partial charge in [-0.25, -0.2) is 0 Å². The van der Waals surface area contributed by atoms with Crippen molar-refractivity contribution in [3.8, 4) is 0 Å². The Hall–Kier alpha value is -3.12. The summed E-state index contributed by atoms with van der Waals surface area (Å²) in [5.41, 5.74) is 4.80. The zero-order valence-corrected chi connectivity index (χ0v) is 19.4. The SMILES string of the molecule is CC1(C)CC(c2cccc3ccccc23)c2c(ccc3c2ccc2ccccc23)C1(C)C. The van der Waals surface area contributed by atoms with Crippen LogP contribution in [0, 0.1) is 5.41 Å². The monoisotopic (exact) mass is 414 g/mol. The number of fused-ring (bicyclic) bond motifs is 6. The summed E-state index contributed by atoms with van der Waals surface area (Å²) >= 11 is 0. The zero-order chi connectivity index (χ0) is 22.1. The average Bonchev–Trinajstić information content (AvgIpc) is 2.80. The third-order valence-electron chi connectivity index (χ3n) is 8.59. The van der Waals surface area contributed by atoms with Crippen LogP contribution in [0.5, 0.6) is 0 Å². The van der Waals surface area contributed by atoms with E-state index in [1.54, 1.807) is 0 Å². The maximum atomic E-state index is 2.46. The Kier molecular flexibility index (Phi) is 4.09. The molecule has 0 amide bonds. The van der Waals surface area contributed by atoms with E-state index in [0.717, 1.165) is 6.42 Å². The highest BCUT2D eigenvalue weighted by molar-refractivity contribution is 6.09. The third kappa shape index (κ3) is 2.62. The summed E-state index contributed by atoms with van der Waals surface area (Å²) in [6.07, 6.45) is 1.15. The van der Waals surface area contributed by atoms with Crippen LogP contribution in [0.25, 0.3) is 32.3 Å². The minimum Gasteiger partial charge on any atom is -0.0616 e. The summed E-state index contributed by atoms with van der Waals surface area (Å²) in [7, 11) is 0. The molecule has 0 aromatic heterocycles. The van der Waals surface area contributed by atoms with E-state index in [0.29, 0.717) is 5.92 Å². The first-order chi connectivity index (χ1) is 15.4. The fraction of sp³-hybridized carbons (Fsp3) is 0.250. The van der Waals surface area contributed by atoms with Crippen LogP contribution in [-0.2, 0) is 5.41 Å². The van der Waals surface area contributed by atoms with Gasteiger partial charge >= 0.3 is 0 Å². The Morgan fingerprint density at radius 1 is 0.562 bits per heavy atom. The molecule has 0 fully saturated rings. The summed E-state index contributed by atoms with van der Waals surface area (Å²) in [5, 5.41) is 8.19. The highest BCUT2D eigenvalue weighted by Gasteiger charge is 2.47. The van der Waals surface area contributed by atoms with Gasteiger partial charge in [0, 0.05) is 5.92 Å². The first-order valence-corrected chi connectivity index (χ1v) is 11.8. The topological polar surface area (TPSA) is 0 Å². The summed E-state index contributed by atoms with van der Waals surface area (Å²) in [5.74, 6) is 0.379. The first-order valence-electron chi connectivity index (χ1n) is 11.8. The van der Waals surface area contributed by atoms with Crippen LogP contribution in [0.15, 0.2) is 91.0 Å². The van der Waals surface area contributed by atoms with E-state index in [9.17, 15) is 0 Å². The molecule has 0 aliphatic heterocycles. The molecule has 6 rings (SSSR count). The van der Waals surface area contributed by atoms with Gasteiger partial charge in [0.1, 0.15) is 0 Å². The predicted octanol–water partition coefficient (Wildman–Crippen LogP) is 8.99. The highest BCUT2D eigenvalue weighted by Crippen LogP contribution is 2.57. The molecular formula is C32H30. The smallest absolute Gasteiger partial charge is 0.0110 e. The van der Waals surface area contributed by atoms with E-state index in [1.165, 1.54) is 49.0 Å². The standard InChI is InChI=1S/C32H30/c1-31(2)20-28(25-15-9-12-21-10-5-7-13-23(21)25)30-27-17-16-22-11-6-8-14-24(22)26(27)18-19-29(30)32(31,3)4/h5-19,28H,20H2,1-4H3. The fourth-order valence-corrected chi connectivity index (χ4v) is 6.08. The van der Waals surface area contributed by atoms with Gasteiger partial charge in [0.2, 0.25) is 0 Å². The van der Waals surface area contributed by atoms with Gasteiger partial charge in [0.25, 0.3) is 0 Å². The van der Waals surface area contributed by atoms with Crippen molar-refractivity contribution in [2.75, 3.05) is 0 Å². The lowest BCUT2D eigenvalue weighted by molar-refractivity contribution is 0.155. The second kappa shape index (κ2) is 6.69. The molecule has 5 aromatic rings. The van der Waals surface area contributed by atoms with Crippen molar-refractivity contribution in [1.29, 1.82) is 0 Å². The third-order valence-corrected chi connectivity index (χ3v) is 8.59. The number of rotatable bonds is 1. The van der Waals surface area contributed by atoms with Gasteiger partial charge in [-0.15, -0.1) is 0 Å². The summed E-state index contributed by atoms with van der Waals surface area (Å²) in [6.45, 7) is 9.80. The van der Waals surface area contributed by atoms with Crippen LogP contribution in [0.3, 0.4) is 0 Å². The van der Waals surface area contributed by atoms with Gasteiger partial charge < -0.3 is 0 Å². The van der Waals surface area contributed by atoms with Crippen molar-refractivity contribution < 1.29 is 0 Å². The Balaban J connectivity index is 1.74. The van der Waals surface area contributed by atoms with Gasteiger partial charge in [-0.1, -0.05) is 119 Å². The predicted molar refractivity (Wildman–Crippen MR) is 139 cm³/mol. The quantitative estimate of drug-likeness (QED) is 0.240. The van der Waals surface area contributed by atoms with E-state index in [1.807, 2.05) is 0 Å². The second-order valence-corrected chi connectivity index (χ2v) is 10.7. The molecule has 1 unspecified atom stereocenters. The lowest BCUT2D eigenvalue weighted by atomic mass is 9.53. The summed E-state index contributed by atoms with van der Waals surface area (Å²) < 4.78 is 0. The molecule has 0 N–H and O–H groups in total. The van der Waals surface area contributed by atoms with Gasteiger partial charge in [-0.05, 0) is 66.3 Å². The van der Waals surface area contributed by atoms with Crippen molar-refractivity contribution in [3.63, 3.8) is 0 Å². The van der Waals surface area contributed by atoms with Gasteiger partial charge in [-0.3, -0.25) is 0 Å². The molecule has 1 atom stereocenters. The highest BCUT2D eigenvalue weighted by atomic mass is 14.5. The Bertz CT molecular complexity index is 1490. The molecule has 0 heterocycles. The van der Waals surface area contributed by atoms with E-state index in [4.69, 9.17) is 0 Å². The van der Waals surface area contributed by atoms with E-state index >= 15 is 0 Å². The van der Waals surface area contributed by atoms with Gasteiger partial charge in [0.15, 0.2) is 0 Å². The normalized spacial score (nSPS) is 19.3. The molecule has 0 bridgehead atoms. The Morgan fingerprint density at radius 2 is 1.19 bits per heavy atom. The number of hydrogen-bond acceptors (Lipinski definition) is 0. The van der Waals surface area contributed by atoms with Crippen LogP contribution < -0.4 is 0 Å². The largest absolute Gasteiger partial charge is 0.0616 e. The molecule has 0 nitrogen and oxygen atoms in total. The lowest BCUT2D eigenvalue weighted by Gasteiger charge is -2.50. The van der Waals surface area contributed by atoms with Crippen molar-refractivity contribution in [2.45, 2.75) is 45.4 Å². The van der Waals surface area contributed by atoms with Crippen LogP contribution in [0.4, 0.5) is 0 Å². The number of benzene rings is 5. The zero-order valence-electron chi connectivity index (χ0n) is 19.4. The van der Waals surface area contributed by atoms with Crippen LogP contribution >= 0.6 is 0 Å². The van der Waals surface area contributed by atoms with Crippen LogP contribution in [0.2, 0.25) is 0 Å². The van der Waals surface area contributed by atoms with Crippen molar-refractivity contribution in [2.24, 2.45) is 5.41 Å². The molecule has 0 radical (unpaired) electrons. The minimum atomic E-state index is 0.100. The van der Waals surface area contributed by atoms with Crippen LogP contribution in [-0.4, -0.2) is 0 Å². The molecule has 1 aliphatic rings. The maximum Gasteiger partial charge on any atom is 0.0110 e. The average molecular weight is 415 g/mol. The molecule has 158 valence electrons. The first kappa shape index (κ1) is 19.6. The van der Waals surface area contributed by atoms with E-state index in [-0.39, 0.29) is 10.8 Å². The van der Waals surface area contributed by atoms with Crippen molar-refractivity contribution in [1.82, 2.24) is 0 Å². The van der Waals surface area contributed by atoms with E-state index in [2.05, 4.69) is 119 Å². The molecule has 0 saturated carbocycles. The minimum absolute atomic E-state index is 0.100. The molecular weight excluding hydrogens is 384 g/mol. The molecule has 0 saturated heterocycles. The van der Waals surface area contributed by atoms with Crippen LogP contribution in [0.1, 0.15) is 56.7 Å². The Labute approximate surface area is 190 Å². The van der Waals surface area contributed by atoms with E-state index < -0.39 is 0 Å². The van der Waals surface area contributed by atoms with Gasteiger partial charge in [-0.2, -0.15) is 0 Å². The molecule has 0 spiro atoms.